The average Bonchev–Trinajstić information content (AvgIpc) is 2.75. The first-order chi connectivity index (χ1) is 15.0. The standard InChI is InChI=1S/C20H22ClN5O4S2/c1-4-31(27,28)15-6-7-17(32(29,30)13(2)3)16(9-15)25-19-10-20(24-12-23-19)26-18-8-5-14(21)11-22-18/h5-13H,4H2,1-3H3,(H2,22,23,24,25,26). The molecule has 170 valence electrons. The van der Waals surface area contributed by atoms with Crippen molar-refractivity contribution in [3.63, 3.8) is 0 Å². The molecule has 0 aliphatic rings. The number of hydrogen-bond acceptors (Lipinski definition) is 9. The van der Waals surface area contributed by atoms with E-state index in [1.165, 1.54) is 37.6 Å². The van der Waals surface area contributed by atoms with Gasteiger partial charge in [0.2, 0.25) is 0 Å². The first kappa shape index (κ1) is 23.9. The molecule has 0 unspecified atom stereocenters. The highest BCUT2D eigenvalue weighted by Crippen LogP contribution is 2.31. The van der Waals surface area contributed by atoms with Gasteiger partial charge in [-0.2, -0.15) is 0 Å². The van der Waals surface area contributed by atoms with Crippen LogP contribution < -0.4 is 10.6 Å². The van der Waals surface area contributed by atoms with Crippen LogP contribution in [0.15, 0.2) is 58.7 Å². The van der Waals surface area contributed by atoms with Gasteiger partial charge in [0.1, 0.15) is 23.8 Å². The van der Waals surface area contributed by atoms with Crippen LogP contribution in [0.1, 0.15) is 20.8 Å². The topological polar surface area (TPSA) is 131 Å². The summed E-state index contributed by atoms with van der Waals surface area (Å²) in [7, 11) is -7.25. The Labute approximate surface area is 192 Å². The third kappa shape index (κ3) is 5.34. The largest absolute Gasteiger partial charge is 0.339 e. The summed E-state index contributed by atoms with van der Waals surface area (Å²) in [6.07, 6.45) is 2.76. The van der Waals surface area contributed by atoms with E-state index >= 15 is 0 Å². The maximum absolute atomic E-state index is 12.9. The molecule has 0 atom stereocenters. The Kier molecular flexibility index (Phi) is 7.01. The molecule has 1 aromatic carbocycles. The molecule has 12 heteroatoms. The zero-order valence-electron chi connectivity index (χ0n) is 17.6. The van der Waals surface area contributed by atoms with Gasteiger partial charge in [-0.3, -0.25) is 0 Å². The number of pyridine rings is 1. The normalized spacial score (nSPS) is 12.0. The smallest absolute Gasteiger partial charge is 0.182 e. The lowest BCUT2D eigenvalue weighted by Gasteiger charge is -2.16. The van der Waals surface area contributed by atoms with E-state index in [9.17, 15) is 16.8 Å². The van der Waals surface area contributed by atoms with Gasteiger partial charge in [0.25, 0.3) is 0 Å². The lowest BCUT2D eigenvalue weighted by Crippen LogP contribution is -2.16. The third-order valence-corrected chi connectivity index (χ3v) is 8.70. The number of halogens is 1. The minimum Gasteiger partial charge on any atom is -0.339 e. The van der Waals surface area contributed by atoms with E-state index in [-0.39, 0.29) is 27.0 Å². The molecule has 32 heavy (non-hydrogen) atoms. The van der Waals surface area contributed by atoms with E-state index in [0.717, 1.165) is 0 Å². The number of nitrogens with zero attached hydrogens (tertiary/aromatic N) is 3. The molecule has 3 rings (SSSR count). The van der Waals surface area contributed by atoms with Crippen LogP contribution in [0.5, 0.6) is 0 Å². The molecule has 2 heterocycles. The zero-order valence-corrected chi connectivity index (χ0v) is 20.0. The predicted octanol–water partition coefficient (Wildman–Crippen LogP) is 3.99. The number of rotatable bonds is 8. The van der Waals surface area contributed by atoms with Gasteiger partial charge in [-0.1, -0.05) is 18.5 Å². The van der Waals surface area contributed by atoms with Crippen molar-refractivity contribution in [3.05, 3.63) is 53.9 Å². The van der Waals surface area contributed by atoms with Crippen molar-refractivity contribution in [1.82, 2.24) is 15.0 Å². The molecule has 0 spiro atoms. The van der Waals surface area contributed by atoms with Gasteiger partial charge < -0.3 is 10.6 Å². The lowest BCUT2D eigenvalue weighted by molar-refractivity contribution is 0.586. The second kappa shape index (κ2) is 9.39. The average molecular weight is 496 g/mol. The van der Waals surface area contributed by atoms with Crippen LogP contribution >= 0.6 is 11.6 Å². The number of aromatic nitrogens is 3. The van der Waals surface area contributed by atoms with Crippen molar-refractivity contribution >= 4 is 54.4 Å². The van der Waals surface area contributed by atoms with Crippen molar-refractivity contribution in [3.8, 4) is 0 Å². The van der Waals surface area contributed by atoms with E-state index < -0.39 is 24.9 Å². The molecule has 2 N–H and O–H groups in total. The van der Waals surface area contributed by atoms with Crippen molar-refractivity contribution in [2.75, 3.05) is 16.4 Å². The van der Waals surface area contributed by atoms with Gasteiger partial charge in [-0.25, -0.2) is 31.8 Å². The Morgan fingerprint density at radius 3 is 2.19 bits per heavy atom. The fourth-order valence-corrected chi connectivity index (χ4v) is 4.88. The number of anilines is 4. The summed E-state index contributed by atoms with van der Waals surface area (Å²) < 4.78 is 50.4. The van der Waals surface area contributed by atoms with Gasteiger partial charge in [0, 0.05) is 12.3 Å². The maximum Gasteiger partial charge on any atom is 0.182 e. The molecule has 9 nitrogen and oxygen atoms in total. The number of benzene rings is 1. The van der Waals surface area contributed by atoms with Gasteiger partial charge >= 0.3 is 0 Å². The van der Waals surface area contributed by atoms with Crippen LogP contribution in [-0.2, 0) is 19.7 Å². The Morgan fingerprint density at radius 1 is 0.906 bits per heavy atom. The summed E-state index contributed by atoms with van der Waals surface area (Å²) in [5, 5.41) is 5.71. The Hall–Kier alpha value is -2.76. The number of nitrogens with one attached hydrogen (secondary N) is 2. The monoisotopic (exact) mass is 495 g/mol. The molecule has 2 aromatic heterocycles. The van der Waals surface area contributed by atoms with Crippen molar-refractivity contribution in [2.24, 2.45) is 0 Å². The Morgan fingerprint density at radius 2 is 1.59 bits per heavy atom. The molecule has 0 saturated carbocycles. The first-order valence-electron chi connectivity index (χ1n) is 9.61. The summed E-state index contributed by atoms with van der Waals surface area (Å²) in [6.45, 7) is 4.64. The predicted molar refractivity (Wildman–Crippen MR) is 124 cm³/mol. The Bertz CT molecular complexity index is 1330. The maximum atomic E-state index is 12.9. The zero-order chi connectivity index (χ0) is 23.5. The van der Waals surface area contributed by atoms with Crippen LogP contribution in [0, 0.1) is 0 Å². The van der Waals surface area contributed by atoms with Gasteiger partial charge in [0.15, 0.2) is 19.7 Å². The minimum atomic E-state index is -3.70. The summed E-state index contributed by atoms with van der Waals surface area (Å²) in [5.41, 5.74) is 0.113. The second-order valence-electron chi connectivity index (χ2n) is 7.06. The fourth-order valence-electron chi connectivity index (χ4n) is 2.68. The molecule has 0 aliphatic heterocycles. The summed E-state index contributed by atoms with van der Waals surface area (Å²) in [6, 6.07) is 8.80. The van der Waals surface area contributed by atoms with E-state index in [1.807, 2.05) is 0 Å². The van der Waals surface area contributed by atoms with E-state index in [0.29, 0.717) is 16.7 Å². The van der Waals surface area contributed by atoms with Crippen LogP contribution in [0.3, 0.4) is 0 Å². The van der Waals surface area contributed by atoms with Crippen LogP contribution in [0.4, 0.5) is 23.1 Å². The number of hydrogen-bond donors (Lipinski definition) is 2. The molecular formula is C20H22ClN5O4S2. The Balaban J connectivity index is 2.01. The molecule has 0 radical (unpaired) electrons. The van der Waals surface area contributed by atoms with E-state index in [4.69, 9.17) is 11.6 Å². The lowest BCUT2D eigenvalue weighted by atomic mass is 10.3. The molecular weight excluding hydrogens is 474 g/mol. The SMILES string of the molecule is CCS(=O)(=O)c1ccc(S(=O)(=O)C(C)C)c(Nc2cc(Nc3ccc(Cl)cn3)ncn2)c1. The molecule has 0 bridgehead atoms. The van der Waals surface area contributed by atoms with Gasteiger partial charge in [0.05, 0.1) is 31.5 Å². The number of sulfone groups is 2. The van der Waals surface area contributed by atoms with Crippen LogP contribution in [-0.4, -0.2) is 42.8 Å². The quantitative estimate of drug-likeness (QED) is 0.476. The molecule has 3 aromatic rings. The molecule has 0 fully saturated rings. The van der Waals surface area contributed by atoms with Crippen LogP contribution in [0.2, 0.25) is 5.02 Å². The van der Waals surface area contributed by atoms with Gasteiger partial charge in [-0.05, 0) is 44.2 Å². The first-order valence-corrected chi connectivity index (χ1v) is 13.2. The van der Waals surface area contributed by atoms with Gasteiger partial charge in [-0.15, -0.1) is 0 Å². The highest BCUT2D eigenvalue weighted by molar-refractivity contribution is 7.92. The van der Waals surface area contributed by atoms with Crippen molar-refractivity contribution < 1.29 is 16.8 Å². The minimum absolute atomic E-state index is 0.0166. The van der Waals surface area contributed by atoms with E-state index in [1.54, 1.807) is 32.0 Å². The van der Waals surface area contributed by atoms with E-state index in [2.05, 4.69) is 25.6 Å². The third-order valence-electron chi connectivity index (χ3n) is 4.53. The summed E-state index contributed by atoms with van der Waals surface area (Å²) >= 11 is 5.84. The fraction of sp³-hybridized carbons (Fsp3) is 0.250. The van der Waals surface area contributed by atoms with Crippen LogP contribution in [0.25, 0.3) is 0 Å². The molecule has 0 saturated heterocycles. The van der Waals surface area contributed by atoms with Crippen molar-refractivity contribution in [2.45, 2.75) is 35.8 Å². The summed E-state index contributed by atoms with van der Waals surface area (Å²) in [4.78, 5) is 12.4. The second-order valence-corrected chi connectivity index (χ2v) is 12.2. The highest BCUT2D eigenvalue weighted by atomic mass is 35.5. The van der Waals surface area contributed by atoms with Crippen molar-refractivity contribution in [1.29, 1.82) is 0 Å². The summed E-state index contributed by atoms with van der Waals surface area (Å²) in [5.74, 6) is 1.04. The highest BCUT2D eigenvalue weighted by Gasteiger charge is 2.25. The molecule has 0 amide bonds. The molecule has 0 aliphatic carbocycles.